The molecule has 0 aliphatic carbocycles. The largest absolute Gasteiger partial charge is 0.490 e. The Morgan fingerprint density at radius 1 is 1.40 bits per heavy atom. The van der Waals surface area contributed by atoms with Crippen molar-refractivity contribution in [2.45, 2.75) is 39.7 Å². The molecule has 0 aliphatic heterocycles. The number of ether oxygens (including phenoxy) is 1. The van der Waals surface area contributed by atoms with Crippen molar-refractivity contribution in [2.24, 2.45) is 5.92 Å². The Hall–Kier alpha value is -1.62. The van der Waals surface area contributed by atoms with E-state index in [0.717, 1.165) is 24.9 Å². The van der Waals surface area contributed by atoms with E-state index in [1.807, 2.05) is 6.07 Å². The molecular formula is C15H24N2O3. The van der Waals surface area contributed by atoms with Gasteiger partial charge in [0.05, 0.1) is 12.0 Å². The molecule has 0 spiro atoms. The lowest BCUT2D eigenvalue weighted by molar-refractivity contribution is -0.385. The van der Waals surface area contributed by atoms with Crippen LogP contribution in [-0.2, 0) is 6.42 Å². The summed E-state index contributed by atoms with van der Waals surface area (Å²) in [6, 6.07) is 5.46. The SMILES string of the molecule is CCCNC(Cc1ccc([N+](=O)[O-])c(OC)c1)C(C)C. The summed E-state index contributed by atoms with van der Waals surface area (Å²) in [6.07, 6.45) is 1.93. The molecule has 1 aromatic carbocycles. The lowest BCUT2D eigenvalue weighted by Gasteiger charge is -2.22. The van der Waals surface area contributed by atoms with E-state index < -0.39 is 4.92 Å². The molecule has 0 saturated carbocycles. The van der Waals surface area contributed by atoms with Gasteiger partial charge in [-0.2, -0.15) is 0 Å². The molecule has 0 aromatic heterocycles. The van der Waals surface area contributed by atoms with Gasteiger partial charge in [0.1, 0.15) is 0 Å². The summed E-state index contributed by atoms with van der Waals surface area (Å²) in [5, 5.41) is 14.4. The van der Waals surface area contributed by atoms with Crippen LogP contribution in [0.3, 0.4) is 0 Å². The Morgan fingerprint density at radius 3 is 2.60 bits per heavy atom. The molecule has 0 saturated heterocycles. The molecule has 0 amide bonds. The lowest BCUT2D eigenvalue weighted by atomic mass is 9.96. The number of methoxy groups -OCH3 is 1. The highest BCUT2D eigenvalue weighted by Gasteiger charge is 2.18. The Balaban J connectivity index is 2.87. The van der Waals surface area contributed by atoms with Gasteiger partial charge in [-0.15, -0.1) is 0 Å². The first kappa shape index (κ1) is 16.4. The molecule has 0 bridgehead atoms. The third-order valence-corrected chi connectivity index (χ3v) is 3.36. The molecule has 1 unspecified atom stereocenters. The molecule has 0 radical (unpaired) electrons. The van der Waals surface area contributed by atoms with Gasteiger partial charge in [-0.1, -0.05) is 26.8 Å². The van der Waals surface area contributed by atoms with Crippen LogP contribution in [0, 0.1) is 16.0 Å². The van der Waals surface area contributed by atoms with Crippen LogP contribution in [0.1, 0.15) is 32.8 Å². The molecular weight excluding hydrogens is 256 g/mol. The predicted octanol–water partition coefficient (Wildman–Crippen LogP) is 3.17. The van der Waals surface area contributed by atoms with Crippen molar-refractivity contribution in [3.8, 4) is 5.75 Å². The maximum atomic E-state index is 10.9. The van der Waals surface area contributed by atoms with E-state index in [1.54, 1.807) is 6.07 Å². The highest BCUT2D eigenvalue weighted by atomic mass is 16.6. The third-order valence-electron chi connectivity index (χ3n) is 3.36. The summed E-state index contributed by atoms with van der Waals surface area (Å²) in [4.78, 5) is 10.5. The number of rotatable bonds is 8. The smallest absolute Gasteiger partial charge is 0.310 e. The highest BCUT2D eigenvalue weighted by Crippen LogP contribution is 2.28. The van der Waals surface area contributed by atoms with Crippen LogP contribution in [0.5, 0.6) is 5.75 Å². The van der Waals surface area contributed by atoms with Crippen LogP contribution in [0.25, 0.3) is 0 Å². The first-order chi connectivity index (χ1) is 9.49. The Kier molecular flexibility index (Phi) is 6.45. The Bertz CT molecular complexity index is 447. The van der Waals surface area contributed by atoms with Crippen LogP contribution in [0.4, 0.5) is 5.69 Å². The van der Waals surface area contributed by atoms with Gasteiger partial charge < -0.3 is 10.1 Å². The van der Waals surface area contributed by atoms with Crippen molar-refractivity contribution in [2.75, 3.05) is 13.7 Å². The van der Waals surface area contributed by atoms with E-state index in [9.17, 15) is 10.1 Å². The molecule has 1 aromatic rings. The second-order valence-electron chi connectivity index (χ2n) is 5.27. The van der Waals surface area contributed by atoms with Crippen LogP contribution in [-0.4, -0.2) is 24.6 Å². The summed E-state index contributed by atoms with van der Waals surface area (Å²) in [7, 11) is 1.46. The number of nitrogens with zero attached hydrogens (tertiary/aromatic N) is 1. The summed E-state index contributed by atoms with van der Waals surface area (Å²) in [5.41, 5.74) is 1.06. The number of hydrogen-bond acceptors (Lipinski definition) is 4. The average Bonchev–Trinajstić information content (AvgIpc) is 2.42. The fraction of sp³-hybridized carbons (Fsp3) is 0.600. The summed E-state index contributed by atoms with van der Waals surface area (Å²) in [6.45, 7) is 7.47. The standard InChI is InChI=1S/C15H24N2O3/c1-5-8-16-13(11(2)3)9-12-6-7-14(17(18)19)15(10-12)20-4/h6-7,10-11,13,16H,5,8-9H2,1-4H3. The summed E-state index contributed by atoms with van der Waals surface area (Å²) < 4.78 is 5.11. The molecule has 1 rings (SSSR count). The van der Waals surface area contributed by atoms with Crippen molar-refractivity contribution in [1.82, 2.24) is 5.32 Å². The molecule has 5 nitrogen and oxygen atoms in total. The lowest BCUT2D eigenvalue weighted by Crippen LogP contribution is -2.36. The maximum absolute atomic E-state index is 10.9. The average molecular weight is 280 g/mol. The minimum atomic E-state index is -0.419. The molecule has 0 aliphatic rings. The zero-order chi connectivity index (χ0) is 15.1. The van der Waals surface area contributed by atoms with Gasteiger partial charge in [-0.25, -0.2) is 0 Å². The monoisotopic (exact) mass is 280 g/mol. The molecule has 1 N–H and O–H groups in total. The second kappa shape index (κ2) is 7.85. The van der Waals surface area contributed by atoms with Crippen molar-refractivity contribution >= 4 is 5.69 Å². The van der Waals surface area contributed by atoms with E-state index in [4.69, 9.17) is 4.74 Å². The number of benzene rings is 1. The molecule has 1 atom stereocenters. The van der Waals surface area contributed by atoms with Gasteiger partial charge in [0.2, 0.25) is 0 Å². The van der Waals surface area contributed by atoms with E-state index >= 15 is 0 Å². The molecule has 5 heteroatoms. The maximum Gasteiger partial charge on any atom is 0.310 e. The molecule has 0 fully saturated rings. The number of nitro benzene ring substituents is 1. The van der Waals surface area contributed by atoms with Crippen LogP contribution in [0.2, 0.25) is 0 Å². The Labute approximate surface area is 120 Å². The van der Waals surface area contributed by atoms with Gasteiger partial charge in [-0.05, 0) is 36.9 Å². The van der Waals surface area contributed by atoms with Crippen molar-refractivity contribution in [3.05, 3.63) is 33.9 Å². The van der Waals surface area contributed by atoms with E-state index in [1.165, 1.54) is 13.2 Å². The number of nitrogens with one attached hydrogen (secondary N) is 1. The quantitative estimate of drug-likeness (QED) is 0.587. The molecule has 0 heterocycles. The second-order valence-corrected chi connectivity index (χ2v) is 5.27. The third kappa shape index (κ3) is 4.49. The van der Waals surface area contributed by atoms with Gasteiger partial charge in [0.25, 0.3) is 0 Å². The Morgan fingerprint density at radius 2 is 2.10 bits per heavy atom. The van der Waals surface area contributed by atoms with Crippen molar-refractivity contribution in [3.63, 3.8) is 0 Å². The van der Waals surface area contributed by atoms with E-state index in [0.29, 0.717) is 17.7 Å². The number of hydrogen-bond donors (Lipinski definition) is 1. The van der Waals surface area contributed by atoms with Crippen LogP contribution >= 0.6 is 0 Å². The van der Waals surface area contributed by atoms with E-state index in [2.05, 4.69) is 26.1 Å². The minimum Gasteiger partial charge on any atom is -0.490 e. The highest BCUT2D eigenvalue weighted by molar-refractivity contribution is 5.48. The van der Waals surface area contributed by atoms with Crippen molar-refractivity contribution < 1.29 is 9.66 Å². The van der Waals surface area contributed by atoms with Gasteiger partial charge in [-0.3, -0.25) is 10.1 Å². The minimum absolute atomic E-state index is 0.0128. The fourth-order valence-corrected chi connectivity index (χ4v) is 2.13. The number of nitro groups is 1. The molecule has 112 valence electrons. The van der Waals surface area contributed by atoms with Gasteiger partial charge >= 0.3 is 5.69 Å². The summed E-state index contributed by atoms with van der Waals surface area (Å²) >= 11 is 0. The topological polar surface area (TPSA) is 64.4 Å². The zero-order valence-corrected chi connectivity index (χ0v) is 12.7. The van der Waals surface area contributed by atoms with Gasteiger partial charge in [0, 0.05) is 12.1 Å². The predicted molar refractivity (Wildman–Crippen MR) is 80.3 cm³/mol. The van der Waals surface area contributed by atoms with Crippen LogP contribution in [0.15, 0.2) is 18.2 Å². The fourth-order valence-electron chi connectivity index (χ4n) is 2.13. The van der Waals surface area contributed by atoms with Crippen LogP contribution < -0.4 is 10.1 Å². The summed E-state index contributed by atoms with van der Waals surface area (Å²) in [5.74, 6) is 0.827. The zero-order valence-electron chi connectivity index (χ0n) is 12.7. The first-order valence-electron chi connectivity index (χ1n) is 7.04. The molecule has 20 heavy (non-hydrogen) atoms. The normalized spacial score (nSPS) is 12.4. The van der Waals surface area contributed by atoms with E-state index in [-0.39, 0.29) is 5.69 Å². The van der Waals surface area contributed by atoms with Crippen molar-refractivity contribution in [1.29, 1.82) is 0 Å². The first-order valence-corrected chi connectivity index (χ1v) is 7.04. The van der Waals surface area contributed by atoms with Gasteiger partial charge in [0.15, 0.2) is 5.75 Å².